The molecule has 0 aliphatic heterocycles. The summed E-state index contributed by atoms with van der Waals surface area (Å²) in [5, 5.41) is 4.36. The van der Waals surface area contributed by atoms with Crippen LogP contribution < -0.4 is 14.9 Å². The summed E-state index contributed by atoms with van der Waals surface area (Å²) in [7, 11) is 1.66. The van der Waals surface area contributed by atoms with E-state index >= 15 is 0 Å². The molecule has 0 aliphatic rings. The van der Waals surface area contributed by atoms with Crippen LogP contribution in [0.4, 0.5) is 0 Å². The monoisotopic (exact) mass is 502 g/mol. The first kappa shape index (κ1) is 20.4. The second kappa shape index (κ2) is 10.3. The molecule has 0 saturated carbocycles. The Morgan fingerprint density at radius 2 is 1.75 bits per heavy atom. The molecule has 0 amide bonds. The Labute approximate surface area is 181 Å². The number of rotatable bonds is 8. The summed E-state index contributed by atoms with van der Waals surface area (Å²) in [6.45, 7) is 1.05. The van der Waals surface area contributed by atoms with Gasteiger partial charge in [0.05, 0.1) is 24.3 Å². The number of halogens is 2. The molecular formula is C22H20Br2N2O2. The fraction of sp³-hybridized carbons (Fsp3) is 0.136. The van der Waals surface area contributed by atoms with Gasteiger partial charge in [-0.1, -0.05) is 64.5 Å². The molecule has 0 unspecified atom stereocenters. The summed E-state index contributed by atoms with van der Waals surface area (Å²) >= 11 is 7.11. The van der Waals surface area contributed by atoms with Gasteiger partial charge in [0.2, 0.25) is 0 Å². The number of methoxy groups -OCH3 is 1. The Morgan fingerprint density at radius 1 is 1.00 bits per heavy atom. The molecule has 0 fully saturated rings. The average Bonchev–Trinajstić information content (AvgIpc) is 2.71. The normalized spacial score (nSPS) is 10.8. The lowest BCUT2D eigenvalue weighted by molar-refractivity contribution is 0.304. The van der Waals surface area contributed by atoms with Crippen LogP contribution in [-0.2, 0) is 13.2 Å². The van der Waals surface area contributed by atoms with Gasteiger partial charge in [0.25, 0.3) is 0 Å². The van der Waals surface area contributed by atoms with Gasteiger partial charge >= 0.3 is 0 Å². The van der Waals surface area contributed by atoms with Crippen LogP contribution in [0, 0.1) is 0 Å². The van der Waals surface area contributed by atoms with E-state index in [1.165, 1.54) is 0 Å². The largest absolute Gasteiger partial charge is 0.496 e. The van der Waals surface area contributed by atoms with Gasteiger partial charge in [-0.15, -0.1) is 0 Å². The van der Waals surface area contributed by atoms with Gasteiger partial charge < -0.3 is 14.9 Å². The van der Waals surface area contributed by atoms with Crippen molar-refractivity contribution < 1.29 is 9.47 Å². The molecule has 0 spiro atoms. The van der Waals surface area contributed by atoms with E-state index in [1.807, 2.05) is 66.7 Å². The average molecular weight is 504 g/mol. The van der Waals surface area contributed by atoms with Crippen LogP contribution >= 0.6 is 31.9 Å². The summed E-state index contributed by atoms with van der Waals surface area (Å²) in [6, 6.07) is 21.9. The maximum Gasteiger partial charge on any atom is 0.142 e. The molecule has 144 valence electrons. The van der Waals surface area contributed by atoms with Crippen LogP contribution in [0.15, 0.2) is 80.8 Å². The van der Waals surface area contributed by atoms with E-state index in [2.05, 4.69) is 42.4 Å². The molecule has 28 heavy (non-hydrogen) atoms. The molecule has 6 heteroatoms. The van der Waals surface area contributed by atoms with E-state index in [-0.39, 0.29) is 0 Å². The lowest BCUT2D eigenvalue weighted by atomic mass is 10.2. The van der Waals surface area contributed by atoms with Crippen LogP contribution in [0.1, 0.15) is 16.7 Å². The molecule has 3 aromatic rings. The van der Waals surface area contributed by atoms with Crippen molar-refractivity contribution in [1.82, 2.24) is 5.43 Å². The van der Waals surface area contributed by atoms with Crippen molar-refractivity contribution in [1.29, 1.82) is 0 Å². The minimum absolute atomic E-state index is 0.483. The SMILES string of the molecule is COc1ccccc1CN/N=C/c1cc(Br)cc(Br)c1OCc1ccccc1. The van der Waals surface area contributed by atoms with Crippen molar-refractivity contribution in [3.63, 3.8) is 0 Å². The molecule has 0 saturated heterocycles. The first-order chi connectivity index (χ1) is 13.7. The predicted octanol–water partition coefficient (Wildman–Crippen LogP) is 5.92. The number of benzene rings is 3. The quantitative estimate of drug-likeness (QED) is 0.306. The van der Waals surface area contributed by atoms with E-state index in [0.29, 0.717) is 13.2 Å². The zero-order chi connectivity index (χ0) is 19.8. The second-order valence-electron chi connectivity index (χ2n) is 5.99. The van der Waals surface area contributed by atoms with Gasteiger partial charge in [0.15, 0.2) is 0 Å². The smallest absolute Gasteiger partial charge is 0.142 e. The first-order valence-electron chi connectivity index (χ1n) is 8.71. The van der Waals surface area contributed by atoms with Gasteiger partial charge in [0, 0.05) is 15.6 Å². The third-order valence-electron chi connectivity index (χ3n) is 4.02. The van der Waals surface area contributed by atoms with Crippen molar-refractivity contribution >= 4 is 38.1 Å². The van der Waals surface area contributed by atoms with Crippen LogP contribution in [-0.4, -0.2) is 13.3 Å². The topological polar surface area (TPSA) is 42.8 Å². The highest BCUT2D eigenvalue weighted by Crippen LogP contribution is 2.32. The molecule has 0 heterocycles. The number of para-hydroxylation sites is 1. The third-order valence-corrected chi connectivity index (χ3v) is 5.07. The van der Waals surface area contributed by atoms with Crippen molar-refractivity contribution in [3.8, 4) is 11.5 Å². The molecular weight excluding hydrogens is 484 g/mol. The predicted molar refractivity (Wildman–Crippen MR) is 120 cm³/mol. The Morgan fingerprint density at radius 3 is 2.54 bits per heavy atom. The molecule has 0 radical (unpaired) electrons. The lowest BCUT2D eigenvalue weighted by Crippen LogP contribution is -2.07. The van der Waals surface area contributed by atoms with E-state index in [0.717, 1.165) is 37.1 Å². The number of nitrogens with zero attached hydrogens (tertiary/aromatic N) is 1. The van der Waals surface area contributed by atoms with Crippen LogP contribution in [0.3, 0.4) is 0 Å². The minimum Gasteiger partial charge on any atom is -0.496 e. The zero-order valence-corrected chi connectivity index (χ0v) is 18.5. The van der Waals surface area contributed by atoms with Gasteiger partial charge in [-0.3, -0.25) is 0 Å². The third kappa shape index (κ3) is 5.59. The lowest BCUT2D eigenvalue weighted by Gasteiger charge is -2.12. The first-order valence-corrected chi connectivity index (χ1v) is 10.3. The Kier molecular flexibility index (Phi) is 7.51. The standard InChI is InChI=1S/C22H20Br2N2O2/c1-27-21-10-6-5-9-17(21)13-25-26-14-18-11-19(23)12-20(24)22(18)28-15-16-7-3-2-4-8-16/h2-12,14,25H,13,15H2,1H3/b26-14+. The fourth-order valence-corrected chi connectivity index (χ4v) is 4.03. The molecule has 0 aromatic heterocycles. The van der Waals surface area contributed by atoms with Crippen LogP contribution in [0.2, 0.25) is 0 Å². The molecule has 0 bridgehead atoms. The minimum atomic E-state index is 0.483. The number of ether oxygens (including phenoxy) is 2. The van der Waals surface area contributed by atoms with Crippen molar-refractivity contribution in [3.05, 3.63) is 92.4 Å². The van der Waals surface area contributed by atoms with Gasteiger partial charge in [0.1, 0.15) is 18.1 Å². The molecule has 3 aromatic carbocycles. The molecule has 0 aliphatic carbocycles. The number of nitrogens with one attached hydrogen (secondary N) is 1. The molecule has 1 N–H and O–H groups in total. The Hall–Kier alpha value is -2.31. The zero-order valence-electron chi connectivity index (χ0n) is 15.4. The summed E-state index contributed by atoms with van der Waals surface area (Å²) in [4.78, 5) is 0. The molecule has 4 nitrogen and oxygen atoms in total. The second-order valence-corrected chi connectivity index (χ2v) is 7.76. The number of hydrogen-bond acceptors (Lipinski definition) is 4. The highest BCUT2D eigenvalue weighted by Gasteiger charge is 2.09. The van der Waals surface area contributed by atoms with Gasteiger partial charge in [-0.2, -0.15) is 5.10 Å². The summed E-state index contributed by atoms with van der Waals surface area (Å²) in [6.07, 6.45) is 1.76. The summed E-state index contributed by atoms with van der Waals surface area (Å²) in [5.74, 6) is 1.58. The van der Waals surface area contributed by atoms with Crippen molar-refractivity contribution in [2.24, 2.45) is 5.10 Å². The van der Waals surface area contributed by atoms with E-state index < -0.39 is 0 Å². The van der Waals surface area contributed by atoms with Crippen molar-refractivity contribution in [2.45, 2.75) is 13.2 Å². The van der Waals surface area contributed by atoms with E-state index in [1.54, 1.807) is 13.3 Å². The molecule has 0 atom stereocenters. The highest BCUT2D eigenvalue weighted by atomic mass is 79.9. The van der Waals surface area contributed by atoms with Crippen LogP contribution in [0.5, 0.6) is 11.5 Å². The highest BCUT2D eigenvalue weighted by molar-refractivity contribution is 9.11. The molecule has 3 rings (SSSR count). The number of hydrogen-bond donors (Lipinski definition) is 1. The summed E-state index contributed by atoms with van der Waals surface area (Å²) in [5.41, 5.74) is 6.08. The summed E-state index contributed by atoms with van der Waals surface area (Å²) < 4.78 is 13.2. The van der Waals surface area contributed by atoms with Crippen LogP contribution in [0.25, 0.3) is 0 Å². The van der Waals surface area contributed by atoms with Gasteiger partial charge in [-0.25, -0.2) is 0 Å². The Balaban J connectivity index is 1.70. The van der Waals surface area contributed by atoms with Gasteiger partial charge in [-0.05, 0) is 39.7 Å². The number of hydrazone groups is 1. The van der Waals surface area contributed by atoms with Crippen molar-refractivity contribution in [2.75, 3.05) is 7.11 Å². The maximum absolute atomic E-state index is 6.05. The van der Waals surface area contributed by atoms with E-state index in [9.17, 15) is 0 Å². The van der Waals surface area contributed by atoms with E-state index in [4.69, 9.17) is 9.47 Å². The Bertz CT molecular complexity index is 947. The maximum atomic E-state index is 6.05. The fourth-order valence-electron chi connectivity index (χ4n) is 2.65.